The molecule has 0 heterocycles. The number of carbonyl (C=O) groups is 1. The van der Waals surface area contributed by atoms with Gasteiger partial charge in [0.05, 0.1) is 10.5 Å². The Morgan fingerprint density at radius 1 is 1.38 bits per heavy atom. The molecule has 2 atom stereocenters. The minimum Gasteiger partial charge on any atom is -0.478 e. The van der Waals surface area contributed by atoms with Gasteiger partial charge in [-0.2, -0.15) is 0 Å². The first-order valence-electron chi connectivity index (χ1n) is 6.78. The Bertz CT molecular complexity index is 672. The summed E-state index contributed by atoms with van der Waals surface area (Å²) in [5.74, 6) is -1.98. The molecule has 2 N–H and O–H groups in total. The smallest absolute Gasteiger partial charge is 0.335 e. The van der Waals surface area contributed by atoms with Crippen LogP contribution < -0.4 is 4.72 Å². The van der Waals surface area contributed by atoms with Crippen molar-refractivity contribution in [2.75, 3.05) is 0 Å². The van der Waals surface area contributed by atoms with E-state index in [1.807, 2.05) is 6.92 Å². The van der Waals surface area contributed by atoms with Crippen LogP contribution in [0.2, 0.25) is 0 Å². The number of nitrogens with one attached hydrogen (secondary N) is 1. The number of benzene rings is 1. The number of hydrogen-bond acceptors (Lipinski definition) is 3. The lowest BCUT2D eigenvalue weighted by molar-refractivity contribution is 0.0696. The second-order valence-corrected chi connectivity index (χ2v) is 7.20. The fourth-order valence-electron chi connectivity index (χ4n) is 2.64. The van der Waals surface area contributed by atoms with Crippen LogP contribution in [0.3, 0.4) is 0 Å². The number of hydrogen-bond donors (Lipinski definition) is 2. The first kappa shape index (κ1) is 15.9. The van der Waals surface area contributed by atoms with Crippen molar-refractivity contribution in [1.82, 2.24) is 4.72 Å². The van der Waals surface area contributed by atoms with Gasteiger partial charge >= 0.3 is 5.97 Å². The lowest BCUT2D eigenvalue weighted by Crippen LogP contribution is -2.36. The molecule has 2 unspecified atom stereocenters. The van der Waals surface area contributed by atoms with E-state index in [9.17, 15) is 17.6 Å². The van der Waals surface area contributed by atoms with Gasteiger partial charge in [0, 0.05) is 11.6 Å². The Morgan fingerprint density at radius 3 is 2.57 bits per heavy atom. The molecule has 5 nitrogen and oxygen atoms in total. The Kier molecular flexibility index (Phi) is 4.34. The van der Waals surface area contributed by atoms with E-state index in [1.165, 1.54) is 6.92 Å². The number of rotatable bonds is 4. The summed E-state index contributed by atoms with van der Waals surface area (Å²) in [7, 11) is -3.94. The highest BCUT2D eigenvalue weighted by Crippen LogP contribution is 2.28. The molecule has 1 aliphatic rings. The third kappa shape index (κ3) is 3.24. The van der Waals surface area contributed by atoms with E-state index in [-0.39, 0.29) is 28.0 Å². The number of carboxylic acids is 1. The molecular formula is C14H18FNO4S. The van der Waals surface area contributed by atoms with Crippen molar-refractivity contribution in [3.63, 3.8) is 0 Å². The molecule has 0 saturated heterocycles. The monoisotopic (exact) mass is 315 g/mol. The predicted molar refractivity (Wildman–Crippen MR) is 75.2 cm³/mol. The molecule has 2 rings (SSSR count). The Morgan fingerprint density at radius 2 is 2.05 bits per heavy atom. The van der Waals surface area contributed by atoms with Crippen molar-refractivity contribution in [2.24, 2.45) is 5.92 Å². The molecule has 0 aliphatic heterocycles. The first-order valence-corrected chi connectivity index (χ1v) is 8.26. The second kappa shape index (κ2) is 5.73. The lowest BCUT2D eigenvalue weighted by atomic mass is 10.1. The molecule has 0 amide bonds. The molecular weight excluding hydrogens is 297 g/mol. The van der Waals surface area contributed by atoms with Crippen molar-refractivity contribution in [3.8, 4) is 0 Å². The summed E-state index contributed by atoms with van der Waals surface area (Å²) in [6, 6.07) is 1.64. The molecule has 116 valence electrons. The molecule has 0 radical (unpaired) electrons. The first-order chi connectivity index (χ1) is 9.72. The lowest BCUT2D eigenvalue weighted by Gasteiger charge is -2.18. The zero-order valence-corrected chi connectivity index (χ0v) is 12.7. The van der Waals surface area contributed by atoms with Crippen LogP contribution in [0.25, 0.3) is 0 Å². The summed E-state index contributed by atoms with van der Waals surface area (Å²) in [5, 5.41) is 8.93. The fourth-order valence-corrected chi connectivity index (χ4v) is 4.30. The zero-order chi connectivity index (χ0) is 15.8. The Balaban J connectivity index is 2.41. The molecule has 7 heteroatoms. The molecule has 1 aliphatic carbocycles. The van der Waals surface area contributed by atoms with Gasteiger partial charge < -0.3 is 5.11 Å². The summed E-state index contributed by atoms with van der Waals surface area (Å²) in [6.45, 7) is 3.29. The molecule has 1 aromatic carbocycles. The normalized spacial score (nSPS) is 22.4. The molecule has 1 saturated carbocycles. The number of carboxylic acid groups (broad SMARTS) is 1. The highest BCUT2D eigenvalue weighted by molar-refractivity contribution is 7.89. The van der Waals surface area contributed by atoms with Gasteiger partial charge in [-0.05, 0) is 37.8 Å². The minimum absolute atomic E-state index is 0.0712. The quantitative estimate of drug-likeness (QED) is 0.893. The summed E-state index contributed by atoms with van der Waals surface area (Å²) >= 11 is 0. The Labute approximate surface area is 123 Å². The van der Waals surface area contributed by atoms with E-state index < -0.39 is 21.8 Å². The number of aromatic carboxylic acids is 1. The largest absolute Gasteiger partial charge is 0.478 e. The molecule has 1 fully saturated rings. The summed E-state index contributed by atoms with van der Waals surface area (Å²) in [6.07, 6.45) is 2.62. The Hall–Kier alpha value is -1.47. The topological polar surface area (TPSA) is 83.5 Å². The van der Waals surface area contributed by atoms with Crippen molar-refractivity contribution in [3.05, 3.63) is 29.1 Å². The highest BCUT2D eigenvalue weighted by Gasteiger charge is 2.30. The SMILES string of the molecule is Cc1c(F)cc(C(=O)O)cc1S(=O)(=O)NC1CCCC1C. The van der Waals surface area contributed by atoms with Crippen LogP contribution in [0.1, 0.15) is 42.1 Å². The van der Waals surface area contributed by atoms with Crippen molar-refractivity contribution in [2.45, 2.75) is 44.0 Å². The van der Waals surface area contributed by atoms with E-state index in [0.29, 0.717) is 0 Å². The van der Waals surface area contributed by atoms with Crippen molar-refractivity contribution >= 4 is 16.0 Å². The van der Waals surface area contributed by atoms with E-state index in [1.54, 1.807) is 0 Å². The standard InChI is InChI=1S/C14H18FNO4S/c1-8-4-3-5-12(8)16-21(19,20)13-7-10(14(17)18)6-11(15)9(13)2/h6-8,12,16H,3-5H2,1-2H3,(H,17,18). The van der Waals surface area contributed by atoms with Gasteiger partial charge in [0.2, 0.25) is 10.0 Å². The van der Waals surface area contributed by atoms with Crippen molar-refractivity contribution < 1.29 is 22.7 Å². The average molecular weight is 315 g/mol. The van der Waals surface area contributed by atoms with Crippen LogP contribution in [0.15, 0.2) is 17.0 Å². The van der Waals surface area contributed by atoms with Gasteiger partial charge in [0.15, 0.2) is 0 Å². The molecule has 0 spiro atoms. The third-order valence-electron chi connectivity index (χ3n) is 4.00. The van der Waals surface area contributed by atoms with Gasteiger partial charge in [-0.1, -0.05) is 13.3 Å². The van der Waals surface area contributed by atoms with Gasteiger partial charge in [-0.15, -0.1) is 0 Å². The minimum atomic E-state index is -3.94. The molecule has 21 heavy (non-hydrogen) atoms. The van der Waals surface area contributed by atoms with E-state index >= 15 is 0 Å². The van der Waals surface area contributed by atoms with E-state index in [2.05, 4.69) is 4.72 Å². The van der Waals surface area contributed by atoms with Crippen LogP contribution >= 0.6 is 0 Å². The fraction of sp³-hybridized carbons (Fsp3) is 0.500. The molecule has 1 aromatic rings. The number of sulfonamides is 1. The van der Waals surface area contributed by atoms with E-state index in [0.717, 1.165) is 31.4 Å². The van der Waals surface area contributed by atoms with Gasteiger partial charge in [-0.25, -0.2) is 22.3 Å². The van der Waals surface area contributed by atoms with Crippen LogP contribution in [0.5, 0.6) is 0 Å². The zero-order valence-electron chi connectivity index (χ0n) is 11.9. The molecule has 0 bridgehead atoms. The maximum atomic E-state index is 13.8. The predicted octanol–water partition coefficient (Wildman–Crippen LogP) is 2.30. The van der Waals surface area contributed by atoms with Crippen LogP contribution in [0, 0.1) is 18.7 Å². The average Bonchev–Trinajstić information content (AvgIpc) is 2.77. The maximum absolute atomic E-state index is 13.8. The highest BCUT2D eigenvalue weighted by atomic mass is 32.2. The van der Waals surface area contributed by atoms with Crippen LogP contribution in [0.4, 0.5) is 4.39 Å². The van der Waals surface area contributed by atoms with Gasteiger partial charge in [0.1, 0.15) is 5.82 Å². The number of halogens is 1. The summed E-state index contributed by atoms with van der Waals surface area (Å²) in [5.41, 5.74) is -0.448. The van der Waals surface area contributed by atoms with Gasteiger partial charge in [-0.3, -0.25) is 0 Å². The second-order valence-electron chi connectivity index (χ2n) is 5.52. The van der Waals surface area contributed by atoms with Gasteiger partial charge in [0.25, 0.3) is 0 Å². The van der Waals surface area contributed by atoms with Crippen LogP contribution in [-0.4, -0.2) is 25.5 Å². The summed E-state index contributed by atoms with van der Waals surface area (Å²) < 4.78 is 41.2. The van der Waals surface area contributed by atoms with E-state index in [4.69, 9.17) is 5.11 Å². The third-order valence-corrected chi connectivity index (χ3v) is 5.62. The van der Waals surface area contributed by atoms with Crippen LogP contribution in [-0.2, 0) is 10.0 Å². The maximum Gasteiger partial charge on any atom is 0.335 e. The van der Waals surface area contributed by atoms with Crippen molar-refractivity contribution in [1.29, 1.82) is 0 Å². The summed E-state index contributed by atoms with van der Waals surface area (Å²) in [4.78, 5) is 10.7. The molecule has 0 aromatic heterocycles.